The second-order valence-corrected chi connectivity index (χ2v) is 10.0. The molecule has 2 bridgehead atoms. The average Bonchev–Trinajstić information content (AvgIpc) is 2.55. The SMILES string of the molecule is CCN(C1CC2CCC(C1)N2)S(=O)(=O)CS(C)(=O)=O. The van der Waals surface area contributed by atoms with Crippen molar-refractivity contribution in [3.05, 3.63) is 0 Å². The van der Waals surface area contributed by atoms with Crippen molar-refractivity contribution in [2.45, 2.75) is 50.7 Å². The fraction of sp³-hybridized carbons (Fsp3) is 1.00. The molecule has 0 amide bonds. The third-order valence-electron chi connectivity index (χ3n) is 3.89. The molecule has 0 aliphatic carbocycles. The van der Waals surface area contributed by atoms with Crippen LogP contribution >= 0.6 is 0 Å². The number of hydrogen-bond donors (Lipinski definition) is 1. The number of hydrogen-bond acceptors (Lipinski definition) is 5. The Bertz CT molecular complexity index is 517. The zero-order chi connectivity index (χ0) is 14.3. The Balaban J connectivity index is 2.16. The van der Waals surface area contributed by atoms with Gasteiger partial charge in [0, 0.05) is 30.9 Å². The molecule has 1 N–H and O–H groups in total. The minimum atomic E-state index is -3.73. The van der Waals surface area contributed by atoms with Crippen LogP contribution in [0, 0.1) is 0 Å². The molecule has 0 aromatic carbocycles. The first-order chi connectivity index (χ1) is 8.71. The Morgan fingerprint density at radius 1 is 1.11 bits per heavy atom. The molecule has 0 saturated carbocycles. The molecule has 0 radical (unpaired) electrons. The van der Waals surface area contributed by atoms with Crippen LogP contribution in [0.25, 0.3) is 0 Å². The van der Waals surface area contributed by atoms with Crippen molar-refractivity contribution >= 4 is 19.9 Å². The second-order valence-electron chi connectivity index (χ2n) is 5.62. The van der Waals surface area contributed by atoms with Crippen molar-refractivity contribution in [3.8, 4) is 0 Å². The number of rotatable bonds is 5. The molecule has 19 heavy (non-hydrogen) atoms. The van der Waals surface area contributed by atoms with E-state index >= 15 is 0 Å². The fourth-order valence-electron chi connectivity index (χ4n) is 3.28. The lowest BCUT2D eigenvalue weighted by Gasteiger charge is -2.36. The Kier molecular flexibility index (Phi) is 4.25. The molecule has 2 fully saturated rings. The van der Waals surface area contributed by atoms with Crippen molar-refractivity contribution in [1.82, 2.24) is 9.62 Å². The summed E-state index contributed by atoms with van der Waals surface area (Å²) in [6.07, 6.45) is 4.71. The maximum Gasteiger partial charge on any atom is 0.228 e. The lowest BCUT2D eigenvalue weighted by atomic mass is 10.00. The molecule has 0 aromatic heterocycles. The van der Waals surface area contributed by atoms with E-state index in [0.717, 1.165) is 31.9 Å². The molecule has 6 nitrogen and oxygen atoms in total. The van der Waals surface area contributed by atoms with Crippen LogP contribution in [0.2, 0.25) is 0 Å². The summed E-state index contributed by atoms with van der Waals surface area (Å²) in [4.78, 5) is 0. The Morgan fingerprint density at radius 2 is 1.63 bits per heavy atom. The van der Waals surface area contributed by atoms with Gasteiger partial charge >= 0.3 is 0 Å². The maximum atomic E-state index is 12.2. The van der Waals surface area contributed by atoms with E-state index in [2.05, 4.69) is 5.32 Å². The summed E-state index contributed by atoms with van der Waals surface area (Å²) in [7, 11) is -7.26. The van der Waals surface area contributed by atoms with E-state index < -0.39 is 24.9 Å². The predicted octanol–water partition coefficient (Wildman–Crippen LogP) is -0.0768. The van der Waals surface area contributed by atoms with E-state index in [4.69, 9.17) is 0 Å². The quantitative estimate of drug-likeness (QED) is 0.768. The summed E-state index contributed by atoms with van der Waals surface area (Å²) in [6, 6.07) is 0.702. The third-order valence-corrected chi connectivity index (χ3v) is 8.06. The number of piperidine rings is 1. The van der Waals surface area contributed by atoms with Gasteiger partial charge in [0.25, 0.3) is 0 Å². The first kappa shape index (κ1) is 15.2. The zero-order valence-corrected chi connectivity index (χ0v) is 13.0. The van der Waals surface area contributed by atoms with Crippen molar-refractivity contribution in [1.29, 1.82) is 0 Å². The van der Waals surface area contributed by atoms with Crippen LogP contribution in [-0.2, 0) is 19.9 Å². The van der Waals surface area contributed by atoms with Gasteiger partial charge in [0.05, 0.1) is 0 Å². The molecule has 0 spiro atoms. The first-order valence-corrected chi connectivity index (χ1v) is 10.3. The van der Waals surface area contributed by atoms with Crippen LogP contribution in [-0.4, -0.2) is 57.2 Å². The molecule has 112 valence electrons. The lowest BCUT2D eigenvalue weighted by molar-refractivity contribution is 0.233. The molecule has 2 aliphatic rings. The molecule has 2 saturated heterocycles. The molecule has 2 heterocycles. The highest BCUT2D eigenvalue weighted by molar-refractivity contribution is 8.06. The van der Waals surface area contributed by atoms with Crippen molar-refractivity contribution in [2.75, 3.05) is 17.9 Å². The number of nitrogens with one attached hydrogen (secondary N) is 1. The summed E-state index contributed by atoms with van der Waals surface area (Å²) in [5, 5.41) is 2.67. The molecule has 2 unspecified atom stereocenters. The molecule has 2 atom stereocenters. The van der Waals surface area contributed by atoms with Crippen LogP contribution in [0.3, 0.4) is 0 Å². The smallest absolute Gasteiger partial charge is 0.228 e. The van der Waals surface area contributed by atoms with Gasteiger partial charge in [-0.3, -0.25) is 0 Å². The summed E-state index contributed by atoms with van der Waals surface area (Å²) >= 11 is 0. The van der Waals surface area contributed by atoms with Crippen molar-refractivity contribution < 1.29 is 16.8 Å². The van der Waals surface area contributed by atoms with Crippen LogP contribution < -0.4 is 5.32 Å². The first-order valence-electron chi connectivity index (χ1n) is 6.64. The predicted molar refractivity (Wildman–Crippen MR) is 74.0 cm³/mol. The van der Waals surface area contributed by atoms with Gasteiger partial charge in [-0.15, -0.1) is 0 Å². The largest absolute Gasteiger partial charge is 0.311 e. The Hall–Kier alpha value is -0.180. The normalized spacial score (nSPS) is 31.8. The number of sulfone groups is 1. The van der Waals surface area contributed by atoms with E-state index in [9.17, 15) is 16.8 Å². The van der Waals surface area contributed by atoms with Gasteiger partial charge in [0.15, 0.2) is 14.9 Å². The number of fused-ring (bicyclic) bond motifs is 2. The molecule has 2 rings (SSSR count). The standard InChI is InChI=1S/C11H22N2O4S2/c1-3-13(19(16,17)8-18(2,14)15)11-6-9-4-5-10(7-11)12-9/h9-12H,3-8H2,1-2H3. The lowest BCUT2D eigenvalue weighted by Crippen LogP contribution is -2.51. The van der Waals surface area contributed by atoms with E-state index in [1.54, 1.807) is 6.92 Å². The minimum absolute atomic E-state index is 0.0597. The van der Waals surface area contributed by atoms with Gasteiger partial charge in [-0.25, -0.2) is 16.8 Å². The zero-order valence-electron chi connectivity index (χ0n) is 11.4. The molecular weight excluding hydrogens is 288 g/mol. The highest BCUT2D eigenvalue weighted by Crippen LogP contribution is 2.31. The summed E-state index contributed by atoms with van der Waals surface area (Å²) < 4.78 is 48.4. The highest BCUT2D eigenvalue weighted by Gasteiger charge is 2.40. The molecule has 2 aliphatic heterocycles. The maximum absolute atomic E-state index is 12.2. The van der Waals surface area contributed by atoms with Gasteiger partial charge < -0.3 is 5.32 Å². The van der Waals surface area contributed by atoms with Gasteiger partial charge in [-0.05, 0) is 25.7 Å². The monoisotopic (exact) mass is 310 g/mol. The van der Waals surface area contributed by atoms with Gasteiger partial charge in [-0.2, -0.15) is 4.31 Å². The summed E-state index contributed by atoms with van der Waals surface area (Å²) in [6.45, 7) is 2.10. The summed E-state index contributed by atoms with van der Waals surface area (Å²) in [5.41, 5.74) is 0. The third kappa shape index (κ3) is 3.68. The van der Waals surface area contributed by atoms with Crippen LogP contribution in [0.4, 0.5) is 0 Å². The Labute approximate surface area is 115 Å². The Morgan fingerprint density at radius 3 is 2.05 bits per heavy atom. The molecular formula is C11H22N2O4S2. The topological polar surface area (TPSA) is 83.6 Å². The van der Waals surface area contributed by atoms with Crippen LogP contribution in [0.1, 0.15) is 32.6 Å². The summed E-state index contributed by atoms with van der Waals surface area (Å²) in [5.74, 6) is 0. The van der Waals surface area contributed by atoms with E-state index in [0.29, 0.717) is 18.6 Å². The van der Waals surface area contributed by atoms with Gasteiger partial charge in [-0.1, -0.05) is 6.92 Å². The number of nitrogens with zero attached hydrogens (tertiary/aromatic N) is 1. The highest BCUT2D eigenvalue weighted by atomic mass is 32.3. The van der Waals surface area contributed by atoms with E-state index in [-0.39, 0.29) is 6.04 Å². The van der Waals surface area contributed by atoms with Crippen molar-refractivity contribution in [2.24, 2.45) is 0 Å². The van der Waals surface area contributed by atoms with Crippen LogP contribution in [0.5, 0.6) is 0 Å². The second kappa shape index (κ2) is 5.31. The van der Waals surface area contributed by atoms with Crippen molar-refractivity contribution in [3.63, 3.8) is 0 Å². The van der Waals surface area contributed by atoms with Crippen LogP contribution in [0.15, 0.2) is 0 Å². The van der Waals surface area contributed by atoms with E-state index in [1.807, 2.05) is 0 Å². The van der Waals surface area contributed by atoms with Gasteiger partial charge in [0.1, 0.15) is 0 Å². The average molecular weight is 310 g/mol. The van der Waals surface area contributed by atoms with Gasteiger partial charge in [0.2, 0.25) is 10.0 Å². The molecule has 8 heteroatoms. The fourth-order valence-corrected chi connectivity index (χ4v) is 7.01. The molecule has 0 aromatic rings. The number of sulfonamides is 1. The minimum Gasteiger partial charge on any atom is -0.311 e. The van der Waals surface area contributed by atoms with E-state index in [1.165, 1.54) is 4.31 Å².